The van der Waals surface area contributed by atoms with Crippen LogP contribution in [0, 0.1) is 6.92 Å². The molecule has 1 aliphatic carbocycles. The number of benzene rings is 1. The summed E-state index contributed by atoms with van der Waals surface area (Å²) in [7, 11) is 1.62. The molecule has 1 N–H and O–H groups in total. The number of hydrogen-bond donors (Lipinski definition) is 1. The maximum absolute atomic E-state index is 5.90. The smallest absolute Gasteiger partial charge is 0.188 e. The SMILES string of the molecule is COCOc1cc(-c2cnc(C)s2)ccc1-c1ccc(N2CC[C@](C)(NC3CCC3)C2)nn1. The van der Waals surface area contributed by atoms with Crippen LogP contribution in [-0.2, 0) is 4.74 Å². The van der Waals surface area contributed by atoms with Gasteiger partial charge in [0, 0.05) is 43.5 Å². The number of hydrogen-bond acceptors (Lipinski definition) is 8. The Labute approximate surface area is 199 Å². The van der Waals surface area contributed by atoms with Crippen molar-refractivity contribution >= 4 is 17.2 Å². The van der Waals surface area contributed by atoms with Crippen LogP contribution in [-0.4, -0.2) is 53.8 Å². The molecular weight excluding hydrogens is 434 g/mol. The molecule has 1 aromatic carbocycles. The fourth-order valence-corrected chi connectivity index (χ4v) is 5.36. The summed E-state index contributed by atoms with van der Waals surface area (Å²) in [5.74, 6) is 1.65. The highest BCUT2D eigenvalue weighted by atomic mass is 32.1. The van der Waals surface area contributed by atoms with Crippen molar-refractivity contribution in [2.45, 2.75) is 51.1 Å². The van der Waals surface area contributed by atoms with E-state index in [1.807, 2.05) is 31.3 Å². The number of rotatable bonds is 8. The molecule has 0 unspecified atom stereocenters. The van der Waals surface area contributed by atoms with Crippen molar-refractivity contribution < 1.29 is 9.47 Å². The van der Waals surface area contributed by atoms with Gasteiger partial charge < -0.3 is 19.7 Å². The van der Waals surface area contributed by atoms with E-state index in [4.69, 9.17) is 9.47 Å². The standard InChI is InChI=1S/C25H31N5O2S/c1-17-26-14-23(33-17)18-7-8-20(22(13-18)32-16-31-3)21-9-10-24(29-28-21)30-12-11-25(2,15-30)27-19-5-4-6-19/h7-10,13-14,19,27H,4-6,11-12,15-16H2,1-3H3/t25-/m0/s1. The van der Waals surface area contributed by atoms with Gasteiger partial charge in [0.15, 0.2) is 12.6 Å². The molecule has 33 heavy (non-hydrogen) atoms. The van der Waals surface area contributed by atoms with Crippen LogP contribution in [0.2, 0.25) is 0 Å². The van der Waals surface area contributed by atoms with Gasteiger partial charge in [-0.25, -0.2) is 4.98 Å². The maximum Gasteiger partial charge on any atom is 0.188 e. The molecule has 3 heterocycles. The number of ether oxygens (including phenoxy) is 2. The lowest BCUT2D eigenvalue weighted by atomic mass is 9.89. The monoisotopic (exact) mass is 465 g/mol. The number of aromatic nitrogens is 3. The molecule has 0 bridgehead atoms. The lowest BCUT2D eigenvalue weighted by Crippen LogP contribution is -2.52. The number of thiazole rings is 1. The number of nitrogens with zero attached hydrogens (tertiary/aromatic N) is 4. The van der Waals surface area contributed by atoms with E-state index in [1.165, 1.54) is 19.3 Å². The molecule has 0 amide bonds. The van der Waals surface area contributed by atoms with Gasteiger partial charge in [0.1, 0.15) is 5.75 Å². The highest BCUT2D eigenvalue weighted by molar-refractivity contribution is 7.15. The third-order valence-electron chi connectivity index (χ3n) is 6.60. The van der Waals surface area contributed by atoms with Gasteiger partial charge in [-0.2, -0.15) is 0 Å². The topological polar surface area (TPSA) is 72.4 Å². The number of methoxy groups -OCH3 is 1. The van der Waals surface area contributed by atoms with E-state index in [1.54, 1.807) is 18.4 Å². The zero-order valence-corrected chi connectivity index (χ0v) is 20.3. The number of nitrogens with one attached hydrogen (secondary N) is 1. The average molecular weight is 466 g/mol. The van der Waals surface area contributed by atoms with E-state index >= 15 is 0 Å². The molecule has 174 valence electrons. The van der Waals surface area contributed by atoms with E-state index in [9.17, 15) is 0 Å². The summed E-state index contributed by atoms with van der Waals surface area (Å²) < 4.78 is 11.0. The molecule has 1 saturated heterocycles. The summed E-state index contributed by atoms with van der Waals surface area (Å²) >= 11 is 1.66. The lowest BCUT2D eigenvalue weighted by Gasteiger charge is -2.36. The molecule has 3 aromatic rings. The van der Waals surface area contributed by atoms with Crippen molar-refractivity contribution in [3.63, 3.8) is 0 Å². The molecular formula is C25H31N5O2S. The van der Waals surface area contributed by atoms with Crippen LogP contribution in [0.5, 0.6) is 5.75 Å². The van der Waals surface area contributed by atoms with Crippen LogP contribution in [0.4, 0.5) is 5.82 Å². The first-order valence-electron chi connectivity index (χ1n) is 11.6. The van der Waals surface area contributed by atoms with Gasteiger partial charge >= 0.3 is 0 Å². The molecule has 0 spiro atoms. The third-order valence-corrected chi connectivity index (χ3v) is 7.56. The first kappa shape index (κ1) is 22.3. The average Bonchev–Trinajstić information content (AvgIpc) is 3.41. The maximum atomic E-state index is 5.90. The second-order valence-corrected chi connectivity index (χ2v) is 10.5. The Morgan fingerprint density at radius 3 is 2.76 bits per heavy atom. The van der Waals surface area contributed by atoms with Crippen molar-refractivity contribution in [1.29, 1.82) is 0 Å². The quantitative estimate of drug-likeness (QED) is 0.485. The van der Waals surface area contributed by atoms with Crippen molar-refractivity contribution in [2.75, 3.05) is 31.9 Å². The molecule has 2 aromatic heterocycles. The van der Waals surface area contributed by atoms with Gasteiger partial charge in [-0.05, 0) is 62.9 Å². The summed E-state index contributed by atoms with van der Waals surface area (Å²) in [6.07, 6.45) is 6.98. The van der Waals surface area contributed by atoms with Gasteiger partial charge in [0.2, 0.25) is 0 Å². The molecule has 7 nitrogen and oxygen atoms in total. The second kappa shape index (κ2) is 9.37. The summed E-state index contributed by atoms with van der Waals surface area (Å²) in [6.45, 7) is 6.47. The van der Waals surface area contributed by atoms with E-state index in [0.717, 1.165) is 57.8 Å². The fourth-order valence-electron chi connectivity index (χ4n) is 4.58. The molecule has 5 rings (SSSR count). The van der Waals surface area contributed by atoms with Crippen LogP contribution in [0.1, 0.15) is 37.6 Å². The van der Waals surface area contributed by atoms with Gasteiger partial charge in [-0.1, -0.05) is 12.5 Å². The van der Waals surface area contributed by atoms with Crippen LogP contribution in [0.25, 0.3) is 21.7 Å². The van der Waals surface area contributed by atoms with Crippen molar-refractivity contribution in [1.82, 2.24) is 20.5 Å². The van der Waals surface area contributed by atoms with Crippen LogP contribution < -0.4 is 15.0 Å². The Morgan fingerprint density at radius 2 is 2.09 bits per heavy atom. The van der Waals surface area contributed by atoms with E-state index in [0.29, 0.717) is 6.04 Å². The lowest BCUT2D eigenvalue weighted by molar-refractivity contribution is 0.0515. The summed E-state index contributed by atoms with van der Waals surface area (Å²) in [4.78, 5) is 7.81. The Kier molecular flexibility index (Phi) is 6.32. The zero-order valence-electron chi connectivity index (χ0n) is 19.5. The first-order valence-corrected chi connectivity index (χ1v) is 12.4. The molecule has 1 saturated carbocycles. The first-order chi connectivity index (χ1) is 16.0. The second-order valence-electron chi connectivity index (χ2n) is 9.29. The Hall–Kier alpha value is -2.55. The molecule has 1 atom stereocenters. The van der Waals surface area contributed by atoms with Gasteiger partial charge in [0.05, 0.1) is 15.6 Å². The Bertz CT molecular complexity index is 1100. The summed E-state index contributed by atoms with van der Waals surface area (Å²) in [5, 5.41) is 14.0. The van der Waals surface area contributed by atoms with Crippen LogP contribution in [0.15, 0.2) is 36.5 Å². The van der Waals surface area contributed by atoms with Gasteiger partial charge in [-0.3, -0.25) is 0 Å². The Balaban J connectivity index is 1.34. The van der Waals surface area contributed by atoms with Crippen molar-refractivity contribution in [3.05, 3.63) is 41.5 Å². The van der Waals surface area contributed by atoms with Crippen LogP contribution in [0.3, 0.4) is 0 Å². The minimum absolute atomic E-state index is 0.150. The van der Waals surface area contributed by atoms with E-state index < -0.39 is 0 Å². The Morgan fingerprint density at radius 1 is 1.21 bits per heavy atom. The van der Waals surface area contributed by atoms with E-state index in [-0.39, 0.29) is 12.3 Å². The van der Waals surface area contributed by atoms with E-state index in [2.05, 4.69) is 44.5 Å². The van der Waals surface area contributed by atoms with Crippen LogP contribution >= 0.6 is 11.3 Å². The predicted octanol–water partition coefficient (Wildman–Crippen LogP) is 4.67. The third kappa shape index (κ3) is 4.88. The minimum atomic E-state index is 0.150. The molecule has 1 aliphatic heterocycles. The fraction of sp³-hybridized carbons (Fsp3) is 0.480. The molecule has 8 heteroatoms. The number of anilines is 1. The van der Waals surface area contributed by atoms with Crippen molar-refractivity contribution in [3.8, 4) is 27.4 Å². The largest absolute Gasteiger partial charge is 0.467 e. The minimum Gasteiger partial charge on any atom is -0.467 e. The molecule has 0 radical (unpaired) electrons. The summed E-state index contributed by atoms with van der Waals surface area (Å²) in [5.41, 5.74) is 2.90. The van der Waals surface area contributed by atoms with Gasteiger partial charge in [0.25, 0.3) is 0 Å². The highest BCUT2D eigenvalue weighted by Gasteiger charge is 2.37. The predicted molar refractivity (Wildman–Crippen MR) is 132 cm³/mol. The normalized spacial score (nSPS) is 20.8. The van der Waals surface area contributed by atoms with Crippen molar-refractivity contribution in [2.24, 2.45) is 0 Å². The zero-order chi connectivity index (χ0) is 22.8. The summed E-state index contributed by atoms with van der Waals surface area (Å²) in [6, 6.07) is 10.9. The highest BCUT2D eigenvalue weighted by Crippen LogP contribution is 2.36. The van der Waals surface area contributed by atoms with Gasteiger partial charge in [-0.15, -0.1) is 21.5 Å². The molecule has 2 aliphatic rings. The number of aryl methyl sites for hydroxylation is 1. The molecule has 2 fully saturated rings.